The number of nitrogens with zero attached hydrogens (tertiary/aromatic N) is 1. The van der Waals surface area contributed by atoms with Gasteiger partial charge in [0.15, 0.2) is 0 Å². The van der Waals surface area contributed by atoms with Gasteiger partial charge in [0.2, 0.25) is 5.91 Å². The number of benzene rings is 4. The van der Waals surface area contributed by atoms with Crippen LogP contribution in [-0.4, -0.2) is 29.8 Å². The van der Waals surface area contributed by atoms with Crippen LogP contribution in [0.5, 0.6) is 0 Å². The number of carbonyl (C=O) groups is 2. The number of halogens is 3. The highest BCUT2D eigenvalue weighted by Crippen LogP contribution is 2.40. The van der Waals surface area contributed by atoms with Crippen molar-refractivity contribution in [1.29, 1.82) is 0 Å². The van der Waals surface area contributed by atoms with Crippen LogP contribution in [-0.2, 0) is 17.8 Å². The number of hydrogen-bond acceptors (Lipinski definition) is 3. The van der Waals surface area contributed by atoms with Crippen LogP contribution in [0.15, 0.2) is 91.0 Å². The van der Waals surface area contributed by atoms with Crippen molar-refractivity contribution in [3.05, 3.63) is 129 Å². The second-order valence-corrected chi connectivity index (χ2v) is 13.0. The monoisotopic (exact) mass is 658 g/mol. The van der Waals surface area contributed by atoms with Crippen LogP contribution in [0.3, 0.4) is 0 Å². The fourth-order valence-electron chi connectivity index (χ4n) is 5.90. The number of amides is 2. The second-order valence-electron chi connectivity index (χ2n) is 11.6. The molecular weight excluding hydrogens is 622 g/mol. The Morgan fingerprint density at radius 1 is 0.870 bits per heavy atom. The lowest BCUT2D eigenvalue weighted by Crippen LogP contribution is -2.40. The number of fused-ring (bicyclic) bond motifs is 1. The Kier molecular flexibility index (Phi) is 11.2. The summed E-state index contributed by atoms with van der Waals surface area (Å²) in [6.45, 7) is 2.30. The third kappa shape index (κ3) is 8.01. The molecule has 1 saturated carbocycles. The van der Waals surface area contributed by atoms with Gasteiger partial charge in [-0.3, -0.25) is 9.59 Å². The minimum absolute atomic E-state index is 0.0520. The Bertz CT molecular complexity index is 1820. The van der Waals surface area contributed by atoms with Gasteiger partial charge in [-0.1, -0.05) is 97.6 Å². The van der Waals surface area contributed by atoms with Crippen LogP contribution < -0.4 is 5.32 Å². The Balaban J connectivity index is 0.000000322. The molecule has 8 heteroatoms. The highest BCUT2D eigenvalue weighted by atomic mass is 35.5. The van der Waals surface area contributed by atoms with Gasteiger partial charge >= 0.3 is 0 Å². The van der Waals surface area contributed by atoms with E-state index in [1.165, 1.54) is 24.6 Å². The summed E-state index contributed by atoms with van der Waals surface area (Å²) in [4.78, 5) is 27.1. The summed E-state index contributed by atoms with van der Waals surface area (Å²) in [5, 5.41) is 3.53. The van der Waals surface area contributed by atoms with E-state index >= 15 is 0 Å². The minimum atomic E-state index is -0.358. The standard InChI is InChI=1S/C29H26ClF2NOS.C9H11NO/c1-18-13-14-24(32)27-25(18)26(30)28(35-27)29(34)33(23-11-3-2-4-12-23)17-19-7-5-8-20(15-19)21-9-6-10-22(31)16-21;1-10-9(11)7-8-5-3-2-4-6-8/h5-10,13-16,23H,2-4,11-12,17H2,1H3;2-6H,7H2,1H3,(H,10,11). The fraction of sp³-hybridized carbons (Fsp3) is 0.263. The third-order valence-electron chi connectivity index (χ3n) is 8.34. The van der Waals surface area contributed by atoms with Crippen molar-refractivity contribution in [3.63, 3.8) is 0 Å². The van der Waals surface area contributed by atoms with E-state index in [4.69, 9.17) is 11.6 Å². The predicted molar refractivity (Wildman–Crippen MR) is 184 cm³/mol. The maximum atomic E-state index is 14.6. The number of hydrogen-bond donors (Lipinski definition) is 1. The van der Waals surface area contributed by atoms with Crippen molar-refractivity contribution in [2.24, 2.45) is 0 Å². The van der Waals surface area contributed by atoms with E-state index in [2.05, 4.69) is 5.32 Å². The summed E-state index contributed by atoms with van der Waals surface area (Å²) < 4.78 is 28.8. The third-order valence-corrected chi connectivity index (χ3v) is 10.0. The highest BCUT2D eigenvalue weighted by Gasteiger charge is 2.30. The molecule has 1 fully saturated rings. The van der Waals surface area contributed by atoms with Crippen LogP contribution in [0.1, 0.15) is 58.5 Å². The molecule has 0 atom stereocenters. The molecule has 0 saturated heterocycles. The zero-order valence-corrected chi connectivity index (χ0v) is 27.6. The Morgan fingerprint density at radius 2 is 1.54 bits per heavy atom. The maximum absolute atomic E-state index is 14.6. The summed E-state index contributed by atoms with van der Waals surface area (Å²) in [5.74, 6) is -0.744. The van der Waals surface area contributed by atoms with Crippen molar-refractivity contribution in [3.8, 4) is 11.1 Å². The molecule has 2 amide bonds. The Labute approximate surface area is 278 Å². The molecule has 1 heterocycles. The summed E-state index contributed by atoms with van der Waals surface area (Å²) in [7, 11) is 1.64. The number of rotatable bonds is 7. The van der Waals surface area contributed by atoms with Crippen molar-refractivity contribution in [2.45, 2.75) is 58.0 Å². The average Bonchev–Trinajstić information content (AvgIpc) is 3.44. The second kappa shape index (κ2) is 15.5. The Hall–Kier alpha value is -4.07. The molecule has 1 aliphatic rings. The van der Waals surface area contributed by atoms with Crippen LogP contribution in [0.25, 0.3) is 21.2 Å². The van der Waals surface area contributed by atoms with Gasteiger partial charge in [-0.05, 0) is 71.8 Å². The van der Waals surface area contributed by atoms with Gasteiger partial charge in [0, 0.05) is 25.0 Å². The molecule has 1 N–H and O–H groups in total. The molecular formula is C38H37ClF2N2O2S. The lowest BCUT2D eigenvalue weighted by atomic mass is 9.93. The molecule has 0 radical (unpaired) electrons. The van der Waals surface area contributed by atoms with Gasteiger partial charge in [0.05, 0.1) is 16.1 Å². The summed E-state index contributed by atoms with van der Waals surface area (Å²) in [5.41, 5.74) is 4.56. The first-order valence-electron chi connectivity index (χ1n) is 15.5. The molecule has 4 aromatic carbocycles. The summed E-state index contributed by atoms with van der Waals surface area (Å²) >= 11 is 7.83. The molecule has 1 aromatic heterocycles. The van der Waals surface area contributed by atoms with Crippen LogP contribution in [0, 0.1) is 18.6 Å². The highest BCUT2D eigenvalue weighted by molar-refractivity contribution is 7.21. The first-order valence-corrected chi connectivity index (χ1v) is 16.7. The molecule has 1 aliphatic carbocycles. The molecule has 5 aromatic rings. The van der Waals surface area contributed by atoms with E-state index in [1.54, 1.807) is 19.2 Å². The van der Waals surface area contributed by atoms with E-state index < -0.39 is 0 Å². The van der Waals surface area contributed by atoms with Crippen LogP contribution in [0.2, 0.25) is 5.02 Å². The molecule has 0 unspecified atom stereocenters. The first-order chi connectivity index (χ1) is 22.2. The molecule has 238 valence electrons. The smallest absolute Gasteiger partial charge is 0.266 e. The molecule has 0 bridgehead atoms. The van der Waals surface area contributed by atoms with Gasteiger partial charge in [-0.25, -0.2) is 8.78 Å². The lowest BCUT2D eigenvalue weighted by Gasteiger charge is -2.34. The van der Waals surface area contributed by atoms with E-state index in [9.17, 15) is 18.4 Å². The number of nitrogens with one attached hydrogen (secondary N) is 1. The lowest BCUT2D eigenvalue weighted by molar-refractivity contribution is -0.119. The van der Waals surface area contributed by atoms with E-state index in [-0.39, 0.29) is 29.5 Å². The van der Waals surface area contributed by atoms with Gasteiger partial charge in [0.25, 0.3) is 5.91 Å². The topological polar surface area (TPSA) is 49.4 Å². The molecule has 4 nitrogen and oxygen atoms in total. The quantitative estimate of drug-likeness (QED) is 0.189. The number of likely N-dealkylation sites (N-methyl/N-ethyl adjacent to an activating group) is 1. The normalized spacial score (nSPS) is 13.2. The van der Waals surface area contributed by atoms with Gasteiger partial charge < -0.3 is 10.2 Å². The maximum Gasteiger partial charge on any atom is 0.266 e. The van der Waals surface area contributed by atoms with Gasteiger partial charge in [-0.15, -0.1) is 11.3 Å². The average molecular weight is 659 g/mol. The minimum Gasteiger partial charge on any atom is -0.359 e. The number of thiophene rings is 1. The number of carbonyl (C=O) groups excluding carboxylic acids is 2. The van der Waals surface area contributed by atoms with E-state index in [1.807, 2.05) is 72.5 Å². The summed E-state index contributed by atoms with van der Waals surface area (Å²) in [6, 6.07) is 27.3. The zero-order valence-electron chi connectivity index (χ0n) is 26.0. The fourth-order valence-corrected chi connectivity index (χ4v) is 7.53. The molecule has 0 spiro atoms. The Morgan fingerprint density at radius 3 is 2.22 bits per heavy atom. The first kappa shape index (κ1) is 33.3. The van der Waals surface area contributed by atoms with Crippen molar-refractivity contribution in [2.75, 3.05) is 7.05 Å². The number of aryl methyl sites for hydroxylation is 1. The van der Waals surface area contributed by atoms with Crippen molar-refractivity contribution in [1.82, 2.24) is 10.2 Å². The van der Waals surface area contributed by atoms with Crippen LogP contribution >= 0.6 is 22.9 Å². The molecule has 46 heavy (non-hydrogen) atoms. The van der Waals surface area contributed by atoms with Crippen molar-refractivity contribution >= 4 is 44.8 Å². The molecule has 6 rings (SSSR count). The van der Waals surface area contributed by atoms with Gasteiger partial charge in [0.1, 0.15) is 16.5 Å². The molecule has 0 aliphatic heterocycles. The van der Waals surface area contributed by atoms with E-state index in [0.717, 1.165) is 64.8 Å². The van der Waals surface area contributed by atoms with Crippen LogP contribution in [0.4, 0.5) is 8.78 Å². The largest absolute Gasteiger partial charge is 0.359 e. The van der Waals surface area contributed by atoms with E-state index in [0.29, 0.717) is 33.0 Å². The zero-order chi connectivity index (χ0) is 32.6. The van der Waals surface area contributed by atoms with Gasteiger partial charge in [-0.2, -0.15) is 0 Å². The summed E-state index contributed by atoms with van der Waals surface area (Å²) in [6.07, 6.45) is 5.66. The predicted octanol–water partition coefficient (Wildman–Crippen LogP) is 9.76. The van der Waals surface area contributed by atoms with Crippen molar-refractivity contribution < 1.29 is 18.4 Å². The SMILES string of the molecule is CNC(=O)Cc1ccccc1.Cc1ccc(F)c2sc(C(=O)N(Cc3cccc(-c4cccc(F)c4)c3)C3CCCCC3)c(Cl)c12.